The molecule has 0 radical (unpaired) electrons. The zero-order valence-electron chi connectivity index (χ0n) is 9.99. The van der Waals surface area contributed by atoms with Crippen LogP contribution in [0.4, 0.5) is 0 Å². The average Bonchev–Trinajstić information content (AvgIpc) is 2.82. The van der Waals surface area contributed by atoms with Crippen molar-refractivity contribution < 1.29 is 18.5 Å². The molecule has 1 atom stereocenters. The molecule has 0 fully saturated rings. The lowest BCUT2D eigenvalue weighted by molar-refractivity contribution is -0.152. The Morgan fingerprint density at radius 2 is 2.26 bits per heavy atom. The van der Waals surface area contributed by atoms with Gasteiger partial charge in [-0.25, -0.2) is 14.8 Å². The number of ether oxygens (including phenoxy) is 1. The molecule has 19 heavy (non-hydrogen) atoms. The smallest absolute Gasteiger partial charge is 0.375 e. The van der Waals surface area contributed by atoms with Gasteiger partial charge in [0.1, 0.15) is 16.1 Å². The van der Waals surface area contributed by atoms with Crippen LogP contribution in [0.2, 0.25) is 0 Å². The number of aromatic nitrogens is 2. The van der Waals surface area contributed by atoms with Gasteiger partial charge in [-0.2, -0.15) is 0 Å². The van der Waals surface area contributed by atoms with Crippen molar-refractivity contribution in [2.45, 2.75) is 11.3 Å². The maximum atomic E-state index is 11.9. The van der Waals surface area contributed by atoms with Crippen LogP contribution in [0.15, 0.2) is 22.7 Å². The molecule has 0 saturated heterocycles. The number of nitrogens with zero attached hydrogens (tertiary/aromatic N) is 2. The Hall–Kier alpha value is -1.67. The van der Waals surface area contributed by atoms with Gasteiger partial charge in [0, 0.05) is 6.20 Å². The zero-order valence-corrected chi connectivity index (χ0v) is 11.6. The average molecular weight is 298 g/mol. The third-order valence-corrected chi connectivity index (χ3v) is 4.69. The Bertz CT molecular complexity index is 620. The monoisotopic (exact) mass is 298 g/mol. The van der Waals surface area contributed by atoms with Gasteiger partial charge < -0.3 is 4.74 Å². The van der Waals surface area contributed by atoms with Crippen LogP contribution in [0.3, 0.4) is 0 Å². The highest BCUT2D eigenvalue weighted by molar-refractivity contribution is 7.88. The summed E-state index contributed by atoms with van der Waals surface area (Å²) in [5.74, 6) is -2.19. The Morgan fingerprint density at radius 3 is 2.95 bits per heavy atom. The van der Waals surface area contributed by atoms with E-state index in [1.54, 1.807) is 25.3 Å². The molecule has 0 spiro atoms. The van der Waals surface area contributed by atoms with Gasteiger partial charge in [-0.05, 0) is 19.1 Å². The van der Waals surface area contributed by atoms with Crippen molar-refractivity contribution in [1.82, 2.24) is 9.97 Å². The Morgan fingerprint density at radius 1 is 1.47 bits per heavy atom. The Balaban J connectivity index is 2.11. The molecule has 0 N–H and O–H groups in total. The van der Waals surface area contributed by atoms with E-state index in [4.69, 9.17) is 0 Å². The van der Waals surface area contributed by atoms with Crippen LogP contribution >= 0.6 is 11.3 Å². The minimum absolute atomic E-state index is 0.113. The van der Waals surface area contributed by atoms with Crippen molar-refractivity contribution in [1.29, 1.82) is 0 Å². The van der Waals surface area contributed by atoms with E-state index in [1.807, 2.05) is 0 Å². The molecule has 0 aliphatic rings. The van der Waals surface area contributed by atoms with Crippen LogP contribution in [0.1, 0.15) is 6.92 Å². The second-order valence-electron chi connectivity index (χ2n) is 3.44. The first kappa shape index (κ1) is 13.8. The molecule has 0 bridgehead atoms. The standard InChI is InChI=1S/C11H10N2O4S2/c1-2-17-10(15)8(14)6-19(16)11-13-7-4-3-5-12-9(7)18-11/h3-5H,2,6H2,1H3. The molecule has 0 aromatic carbocycles. The highest BCUT2D eigenvalue weighted by Crippen LogP contribution is 2.22. The maximum Gasteiger partial charge on any atom is 0.375 e. The van der Waals surface area contributed by atoms with Crippen LogP contribution in [0.5, 0.6) is 0 Å². The van der Waals surface area contributed by atoms with Gasteiger partial charge in [0.05, 0.1) is 17.4 Å². The first-order chi connectivity index (χ1) is 9.11. The van der Waals surface area contributed by atoms with E-state index in [-0.39, 0.29) is 10.9 Å². The van der Waals surface area contributed by atoms with Crippen LogP contribution < -0.4 is 0 Å². The molecule has 8 heteroatoms. The number of carbonyl (C=O) groups excluding carboxylic acids is 2. The fourth-order valence-electron chi connectivity index (χ4n) is 1.30. The minimum atomic E-state index is -1.65. The van der Waals surface area contributed by atoms with Crippen molar-refractivity contribution in [2.75, 3.05) is 12.4 Å². The predicted octanol–water partition coefficient (Wildman–Crippen LogP) is 0.931. The summed E-state index contributed by atoms with van der Waals surface area (Å²) in [6, 6.07) is 3.46. The molecular weight excluding hydrogens is 288 g/mol. The molecule has 0 aliphatic carbocycles. The number of hydrogen-bond donors (Lipinski definition) is 0. The van der Waals surface area contributed by atoms with Gasteiger partial charge in [-0.1, -0.05) is 11.3 Å². The molecule has 2 aromatic heterocycles. The second-order valence-corrected chi connectivity index (χ2v) is 6.04. The zero-order chi connectivity index (χ0) is 13.8. The van der Waals surface area contributed by atoms with Crippen molar-refractivity contribution in [3.8, 4) is 0 Å². The SMILES string of the molecule is CCOC(=O)C(=O)CS(=O)c1nc2cccnc2s1. The summed E-state index contributed by atoms with van der Waals surface area (Å²) in [5.41, 5.74) is 0.624. The number of thiazole rings is 1. The summed E-state index contributed by atoms with van der Waals surface area (Å²) in [6.07, 6.45) is 1.61. The number of esters is 1. The number of ketones is 1. The largest absolute Gasteiger partial charge is 0.460 e. The van der Waals surface area contributed by atoms with Crippen molar-refractivity contribution in [3.63, 3.8) is 0 Å². The normalized spacial score (nSPS) is 12.3. The van der Waals surface area contributed by atoms with Gasteiger partial charge in [0.15, 0.2) is 4.34 Å². The molecule has 0 aliphatic heterocycles. The molecule has 2 heterocycles. The van der Waals surface area contributed by atoms with Crippen LogP contribution in [0.25, 0.3) is 10.3 Å². The highest BCUT2D eigenvalue weighted by atomic mass is 32.2. The summed E-state index contributed by atoms with van der Waals surface area (Å²) >= 11 is 1.15. The minimum Gasteiger partial charge on any atom is -0.460 e. The van der Waals surface area contributed by atoms with E-state index in [2.05, 4.69) is 14.7 Å². The number of Topliss-reactive ketones (excluding diaryl/α,β-unsaturated/α-hetero) is 1. The van der Waals surface area contributed by atoms with Gasteiger partial charge in [0.2, 0.25) is 0 Å². The first-order valence-corrected chi connectivity index (χ1v) is 7.55. The molecule has 100 valence electrons. The lowest BCUT2D eigenvalue weighted by atomic mass is 10.5. The van der Waals surface area contributed by atoms with E-state index in [0.29, 0.717) is 10.3 Å². The quantitative estimate of drug-likeness (QED) is 0.603. The van der Waals surface area contributed by atoms with E-state index in [0.717, 1.165) is 11.3 Å². The number of pyridine rings is 1. The summed E-state index contributed by atoms with van der Waals surface area (Å²) in [6.45, 7) is 1.71. The van der Waals surface area contributed by atoms with Gasteiger partial charge in [0.25, 0.3) is 5.78 Å². The fraction of sp³-hybridized carbons (Fsp3) is 0.273. The number of hydrogen-bond acceptors (Lipinski definition) is 7. The van der Waals surface area contributed by atoms with Crippen molar-refractivity contribution in [3.05, 3.63) is 18.3 Å². The molecule has 2 rings (SSSR count). The molecule has 2 aromatic rings. The Labute approximate surface area is 115 Å². The lowest BCUT2D eigenvalue weighted by Crippen LogP contribution is -2.23. The van der Waals surface area contributed by atoms with Gasteiger partial charge >= 0.3 is 5.97 Å². The van der Waals surface area contributed by atoms with E-state index in [1.165, 1.54) is 0 Å². The molecule has 0 saturated carbocycles. The third kappa shape index (κ3) is 3.21. The molecular formula is C11H10N2O4S2. The number of fused-ring (bicyclic) bond motifs is 1. The number of rotatable bonds is 5. The van der Waals surface area contributed by atoms with E-state index in [9.17, 15) is 13.8 Å². The lowest BCUT2D eigenvalue weighted by Gasteiger charge is -1.99. The maximum absolute atomic E-state index is 11.9. The van der Waals surface area contributed by atoms with E-state index < -0.39 is 28.3 Å². The Kier molecular flexibility index (Phi) is 4.33. The highest BCUT2D eigenvalue weighted by Gasteiger charge is 2.21. The molecule has 1 unspecified atom stereocenters. The second kappa shape index (κ2) is 5.98. The molecule has 0 amide bonds. The van der Waals surface area contributed by atoms with Gasteiger partial charge in [-0.3, -0.25) is 9.00 Å². The van der Waals surface area contributed by atoms with Gasteiger partial charge in [-0.15, -0.1) is 0 Å². The topological polar surface area (TPSA) is 86.2 Å². The molecule has 6 nitrogen and oxygen atoms in total. The van der Waals surface area contributed by atoms with Crippen molar-refractivity contribution >= 4 is 44.2 Å². The third-order valence-electron chi connectivity index (χ3n) is 2.11. The predicted molar refractivity (Wildman–Crippen MR) is 70.3 cm³/mol. The summed E-state index contributed by atoms with van der Waals surface area (Å²) < 4.78 is 16.8. The summed E-state index contributed by atoms with van der Waals surface area (Å²) in [5, 5.41) is 0. The van der Waals surface area contributed by atoms with Crippen LogP contribution in [-0.4, -0.2) is 38.3 Å². The fourth-order valence-corrected chi connectivity index (χ4v) is 3.40. The van der Waals surface area contributed by atoms with E-state index >= 15 is 0 Å². The summed E-state index contributed by atoms with van der Waals surface area (Å²) in [7, 11) is -1.65. The number of carbonyl (C=O) groups is 2. The first-order valence-electron chi connectivity index (χ1n) is 5.41. The van der Waals surface area contributed by atoms with Crippen LogP contribution in [0, 0.1) is 0 Å². The van der Waals surface area contributed by atoms with Crippen LogP contribution in [-0.2, 0) is 25.1 Å². The summed E-state index contributed by atoms with van der Waals surface area (Å²) in [4.78, 5) is 31.4. The van der Waals surface area contributed by atoms with Crippen molar-refractivity contribution in [2.24, 2.45) is 0 Å².